The Hall–Kier alpha value is -2.25. The van der Waals surface area contributed by atoms with Gasteiger partial charge in [0.2, 0.25) is 0 Å². The van der Waals surface area contributed by atoms with E-state index < -0.39 is 47.5 Å². The summed E-state index contributed by atoms with van der Waals surface area (Å²) in [5, 5.41) is 11.0. The van der Waals surface area contributed by atoms with Crippen LogP contribution in [0.5, 0.6) is 0 Å². The number of ether oxygens (including phenoxy) is 3. The number of esters is 2. The molecule has 0 unspecified atom stereocenters. The summed E-state index contributed by atoms with van der Waals surface area (Å²) in [6, 6.07) is 0. The van der Waals surface area contributed by atoms with Crippen molar-refractivity contribution in [1.82, 2.24) is 0 Å². The Kier molecular flexibility index (Phi) is 4.40. The second kappa shape index (κ2) is 6.17. The molecule has 2 aliphatic heterocycles. The number of carbonyl (C=O) groups excluding carboxylic acids is 3. The van der Waals surface area contributed by atoms with Gasteiger partial charge < -0.3 is 19.3 Å². The second-order valence-electron chi connectivity index (χ2n) is 7.38. The lowest BCUT2D eigenvalue weighted by atomic mass is 9.56. The van der Waals surface area contributed by atoms with Crippen LogP contribution in [0.1, 0.15) is 13.8 Å². The molecule has 2 saturated heterocycles. The van der Waals surface area contributed by atoms with Crippen LogP contribution >= 0.6 is 0 Å². The van der Waals surface area contributed by atoms with Gasteiger partial charge in [0.15, 0.2) is 0 Å². The van der Waals surface area contributed by atoms with Crippen LogP contribution in [0.4, 0.5) is 0 Å². The summed E-state index contributed by atoms with van der Waals surface area (Å²) in [4.78, 5) is 35.8. The largest absolute Gasteiger partial charge is 0.454 e. The van der Waals surface area contributed by atoms with Gasteiger partial charge in [-0.2, -0.15) is 0 Å². The smallest absolute Gasteiger partial charge is 0.334 e. The number of hydrogen-bond donors (Lipinski definition) is 1. The number of hydrogen-bond acceptors (Lipinski definition) is 7. The predicted molar refractivity (Wildman–Crippen MR) is 89.8 cm³/mol. The van der Waals surface area contributed by atoms with Crippen molar-refractivity contribution in [2.45, 2.75) is 38.3 Å². The molecule has 0 radical (unpaired) electrons. The van der Waals surface area contributed by atoms with Gasteiger partial charge in [-0.3, -0.25) is 4.79 Å². The molecule has 1 aliphatic carbocycles. The van der Waals surface area contributed by atoms with E-state index >= 15 is 0 Å². The first kappa shape index (κ1) is 18.5. The standard InChI is InChI=1S/C19H22O7/c1-8(2)17(22)26-16-15-12(10(4)18(23)25-15)14(21)13(9(3)6-20)19(16,5)11-7-24-11/h6,11-16,21H,1,3-4,7H2,2,5H3/t11-,12-,13-,14-,15-,16-,19+/m1/s1. The molecule has 3 fully saturated rings. The van der Waals surface area contributed by atoms with E-state index in [1.165, 1.54) is 6.92 Å². The average Bonchev–Trinajstić information content (AvgIpc) is 3.38. The van der Waals surface area contributed by atoms with Gasteiger partial charge in [-0.25, -0.2) is 9.59 Å². The Morgan fingerprint density at radius 3 is 2.54 bits per heavy atom. The van der Waals surface area contributed by atoms with E-state index in [4.69, 9.17) is 14.2 Å². The summed E-state index contributed by atoms with van der Waals surface area (Å²) >= 11 is 0. The molecule has 0 amide bonds. The Bertz CT molecular complexity index is 719. The van der Waals surface area contributed by atoms with Crippen LogP contribution in [0.3, 0.4) is 0 Å². The molecule has 7 heteroatoms. The van der Waals surface area contributed by atoms with Gasteiger partial charge in [-0.05, 0) is 12.5 Å². The molecule has 0 bridgehead atoms. The fourth-order valence-corrected chi connectivity index (χ4v) is 4.26. The molecular formula is C19H22O7. The molecule has 7 nitrogen and oxygen atoms in total. The van der Waals surface area contributed by atoms with Gasteiger partial charge in [0.05, 0.1) is 24.7 Å². The Morgan fingerprint density at radius 1 is 1.42 bits per heavy atom. The maximum absolute atomic E-state index is 12.2. The fourth-order valence-electron chi connectivity index (χ4n) is 4.26. The monoisotopic (exact) mass is 362 g/mol. The molecule has 7 atom stereocenters. The number of carbonyl (C=O) groups is 3. The van der Waals surface area contributed by atoms with Crippen molar-refractivity contribution in [3.05, 3.63) is 36.5 Å². The van der Waals surface area contributed by atoms with Crippen molar-refractivity contribution in [2.75, 3.05) is 6.61 Å². The summed E-state index contributed by atoms with van der Waals surface area (Å²) in [6.07, 6.45) is -2.83. The summed E-state index contributed by atoms with van der Waals surface area (Å²) in [5.41, 5.74) is -0.603. The van der Waals surface area contributed by atoms with Gasteiger partial charge in [-0.15, -0.1) is 0 Å². The lowest BCUT2D eigenvalue weighted by Crippen LogP contribution is -2.63. The highest BCUT2D eigenvalue weighted by atomic mass is 16.6. The lowest BCUT2D eigenvalue weighted by molar-refractivity contribution is -0.202. The van der Waals surface area contributed by atoms with Gasteiger partial charge in [0.25, 0.3) is 0 Å². The number of rotatable bonds is 5. The van der Waals surface area contributed by atoms with E-state index in [1.54, 1.807) is 6.92 Å². The van der Waals surface area contributed by atoms with Crippen LogP contribution < -0.4 is 0 Å². The molecule has 1 saturated carbocycles. The number of epoxide rings is 1. The van der Waals surface area contributed by atoms with Crippen molar-refractivity contribution in [2.24, 2.45) is 17.3 Å². The maximum atomic E-state index is 12.2. The van der Waals surface area contributed by atoms with Crippen LogP contribution in [0, 0.1) is 17.3 Å². The minimum Gasteiger partial charge on any atom is -0.454 e. The third kappa shape index (κ3) is 2.54. The molecule has 2 heterocycles. The molecule has 0 aromatic heterocycles. The number of aliphatic hydroxyl groups is 1. The topological polar surface area (TPSA) is 102 Å². The third-order valence-electron chi connectivity index (χ3n) is 5.71. The molecule has 0 aromatic rings. The number of aldehydes is 1. The Morgan fingerprint density at radius 2 is 2.04 bits per heavy atom. The minimum atomic E-state index is -1.15. The zero-order chi connectivity index (χ0) is 19.4. The molecular weight excluding hydrogens is 340 g/mol. The van der Waals surface area contributed by atoms with Crippen molar-refractivity contribution >= 4 is 18.2 Å². The molecule has 0 aromatic carbocycles. The average molecular weight is 362 g/mol. The fraction of sp³-hybridized carbons (Fsp3) is 0.526. The SMILES string of the molecule is C=C(C)C(=O)O[C@@H]1[C@@H]2OC(=O)C(=C)[C@@H]2[C@@H](O)[C@@H](C(=C)C=O)[C@]1(C)[C@H]1CO1. The highest BCUT2D eigenvalue weighted by Gasteiger charge is 2.68. The van der Waals surface area contributed by atoms with E-state index in [-0.39, 0.29) is 22.8 Å². The summed E-state index contributed by atoms with van der Waals surface area (Å²) in [5.74, 6) is -2.91. The molecule has 3 aliphatic rings. The van der Waals surface area contributed by atoms with E-state index in [2.05, 4.69) is 19.7 Å². The first-order valence-electron chi connectivity index (χ1n) is 8.34. The highest BCUT2D eigenvalue weighted by Crippen LogP contribution is 2.57. The van der Waals surface area contributed by atoms with Crippen LogP contribution in [-0.4, -0.2) is 54.4 Å². The number of fused-ring (bicyclic) bond motifs is 1. The van der Waals surface area contributed by atoms with Gasteiger partial charge >= 0.3 is 11.9 Å². The Balaban J connectivity index is 2.12. The van der Waals surface area contributed by atoms with Gasteiger partial charge in [0, 0.05) is 22.5 Å². The van der Waals surface area contributed by atoms with Crippen LogP contribution in [0.2, 0.25) is 0 Å². The van der Waals surface area contributed by atoms with Gasteiger partial charge in [-0.1, -0.05) is 26.7 Å². The van der Waals surface area contributed by atoms with E-state index in [0.29, 0.717) is 12.9 Å². The van der Waals surface area contributed by atoms with E-state index in [1.807, 2.05) is 0 Å². The minimum absolute atomic E-state index is 0.0846. The van der Waals surface area contributed by atoms with Crippen molar-refractivity contribution in [1.29, 1.82) is 0 Å². The van der Waals surface area contributed by atoms with E-state index in [0.717, 1.165) is 0 Å². The van der Waals surface area contributed by atoms with Crippen LogP contribution in [0.25, 0.3) is 0 Å². The zero-order valence-corrected chi connectivity index (χ0v) is 14.8. The maximum Gasteiger partial charge on any atom is 0.334 e. The molecule has 26 heavy (non-hydrogen) atoms. The normalized spacial score (nSPS) is 41.0. The molecule has 0 spiro atoms. The zero-order valence-electron chi connectivity index (χ0n) is 14.8. The van der Waals surface area contributed by atoms with E-state index in [9.17, 15) is 19.5 Å². The summed E-state index contributed by atoms with van der Waals surface area (Å²) < 4.78 is 16.5. The second-order valence-corrected chi connectivity index (χ2v) is 7.38. The Labute approximate surface area is 151 Å². The van der Waals surface area contributed by atoms with Crippen molar-refractivity contribution in [3.63, 3.8) is 0 Å². The van der Waals surface area contributed by atoms with Crippen molar-refractivity contribution in [3.8, 4) is 0 Å². The number of aliphatic hydroxyl groups excluding tert-OH is 1. The van der Waals surface area contributed by atoms with Crippen LogP contribution in [0.15, 0.2) is 36.5 Å². The van der Waals surface area contributed by atoms with Crippen LogP contribution in [-0.2, 0) is 28.6 Å². The lowest BCUT2D eigenvalue weighted by Gasteiger charge is -2.52. The highest BCUT2D eigenvalue weighted by molar-refractivity contribution is 5.92. The first-order chi connectivity index (χ1) is 12.1. The summed E-state index contributed by atoms with van der Waals surface area (Å²) in [6.45, 7) is 14.7. The first-order valence-corrected chi connectivity index (χ1v) is 8.34. The molecule has 1 N–H and O–H groups in total. The van der Waals surface area contributed by atoms with Crippen molar-refractivity contribution < 1.29 is 33.7 Å². The molecule has 3 rings (SSSR count). The summed E-state index contributed by atoms with van der Waals surface area (Å²) in [7, 11) is 0. The molecule has 140 valence electrons. The quantitative estimate of drug-likeness (QED) is 0.333. The third-order valence-corrected chi connectivity index (χ3v) is 5.71. The van der Waals surface area contributed by atoms with Gasteiger partial charge in [0.1, 0.15) is 18.5 Å². The predicted octanol–water partition coefficient (Wildman–Crippen LogP) is 0.723.